The Bertz CT molecular complexity index is 479. The van der Waals surface area contributed by atoms with Crippen LogP contribution in [0.5, 0.6) is 0 Å². The first-order chi connectivity index (χ1) is 12.2. The Morgan fingerprint density at radius 1 is 0.500 bits per heavy atom. The summed E-state index contributed by atoms with van der Waals surface area (Å²) in [5, 5.41) is 0. The van der Waals surface area contributed by atoms with Crippen molar-refractivity contribution in [3.8, 4) is 0 Å². The molecular weight excluding hydrogens is 434 g/mol. The maximum atomic E-state index is 11.2. The van der Waals surface area contributed by atoms with Gasteiger partial charge in [-0.3, -0.25) is 0 Å². The maximum Gasteiger partial charge on any atom is 0.417 e. The van der Waals surface area contributed by atoms with Crippen molar-refractivity contribution in [2.75, 3.05) is 0 Å². The van der Waals surface area contributed by atoms with Crippen molar-refractivity contribution in [3.63, 3.8) is 0 Å². The predicted octanol–water partition coefficient (Wildman–Crippen LogP) is 9.01. The fraction of sp³-hybridized carbons (Fsp3) is 0.429. The van der Waals surface area contributed by atoms with Gasteiger partial charge in [0.05, 0.1) is 11.1 Å². The molecule has 28 heavy (non-hydrogen) atoms. The van der Waals surface area contributed by atoms with E-state index in [1.165, 1.54) is 13.8 Å². The second kappa shape index (κ2) is 16.0. The molecule has 0 amide bonds. The lowest BCUT2D eigenvalue weighted by molar-refractivity contribution is -0.0957. The van der Waals surface area contributed by atoms with Crippen molar-refractivity contribution in [3.05, 3.63) is 47.6 Å². The van der Waals surface area contributed by atoms with Crippen LogP contribution >= 0.6 is 0 Å². The standard InChI is InChI=1S/2C4H3F5.2C3H4F2/c2*1-2(3(5)6)4(7,8)9;2*1-2-3(4)5/h2*1H3;2*2H,1H3. The number of hydrogen-bond acceptors (Lipinski definition) is 0. The van der Waals surface area contributed by atoms with E-state index in [0.29, 0.717) is 13.8 Å². The fourth-order valence-electron chi connectivity index (χ4n) is 0.214. The van der Waals surface area contributed by atoms with E-state index in [2.05, 4.69) is 0 Å². The summed E-state index contributed by atoms with van der Waals surface area (Å²) in [5.74, 6) is 0. The van der Waals surface area contributed by atoms with Gasteiger partial charge in [-0.2, -0.15) is 61.5 Å². The van der Waals surface area contributed by atoms with Crippen LogP contribution in [0.4, 0.5) is 61.5 Å². The molecule has 0 bridgehead atoms. The molecule has 0 atom stereocenters. The van der Waals surface area contributed by atoms with Crippen LogP contribution in [-0.2, 0) is 0 Å². The molecule has 0 aliphatic heterocycles. The third-order valence-corrected chi connectivity index (χ3v) is 1.85. The summed E-state index contributed by atoms with van der Waals surface area (Å²) in [6, 6.07) is 0. The van der Waals surface area contributed by atoms with E-state index in [-0.39, 0.29) is 0 Å². The molecule has 0 fully saturated rings. The lowest BCUT2D eigenvalue weighted by Crippen LogP contribution is -2.09. The van der Waals surface area contributed by atoms with Crippen LogP contribution in [0.3, 0.4) is 0 Å². The normalized spacial score (nSPS) is 9.79. The van der Waals surface area contributed by atoms with Crippen LogP contribution < -0.4 is 0 Å². The van der Waals surface area contributed by atoms with E-state index >= 15 is 0 Å². The summed E-state index contributed by atoms with van der Waals surface area (Å²) in [6.07, 6.45) is -16.9. The number of halogens is 14. The Kier molecular flexibility index (Phi) is 19.2. The van der Waals surface area contributed by atoms with Crippen LogP contribution in [-0.4, -0.2) is 12.4 Å². The van der Waals surface area contributed by atoms with E-state index in [9.17, 15) is 61.5 Å². The van der Waals surface area contributed by atoms with Gasteiger partial charge in [0.15, 0.2) is 0 Å². The van der Waals surface area contributed by atoms with Gasteiger partial charge in [0, 0.05) is 0 Å². The summed E-state index contributed by atoms with van der Waals surface area (Å²) < 4.78 is 154. The topological polar surface area (TPSA) is 0 Å². The lowest BCUT2D eigenvalue weighted by atomic mass is 10.3. The van der Waals surface area contributed by atoms with Crippen molar-refractivity contribution in [1.29, 1.82) is 0 Å². The summed E-state index contributed by atoms with van der Waals surface area (Å²) in [5.41, 5.74) is -3.66. The smallest absolute Gasteiger partial charge is 0.174 e. The number of rotatable bonds is 0. The van der Waals surface area contributed by atoms with E-state index in [0.717, 1.165) is 12.2 Å². The predicted molar refractivity (Wildman–Crippen MR) is 73.9 cm³/mol. The highest BCUT2D eigenvalue weighted by Crippen LogP contribution is 2.29. The molecule has 0 rings (SSSR count). The second-order valence-electron chi connectivity index (χ2n) is 3.92. The Morgan fingerprint density at radius 2 is 0.643 bits per heavy atom. The molecule has 0 radical (unpaired) electrons. The maximum absolute atomic E-state index is 11.2. The third-order valence-electron chi connectivity index (χ3n) is 1.85. The van der Waals surface area contributed by atoms with Gasteiger partial charge in [-0.05, 0) is 39.8 Å². The molecule has 0 saturated carbocycles. The molecule has 0 saturated heterocycles. The molecule has 0 aromatic carbocycles. The van der Waals surface area contributed by atoms with Crippen molar-refractivity contribution >= 4 is 0 Å². The molecular formula is C14H14F14. The molecule has 14 heteroatoms. The zero-order valence-corrected chi connectivity index (χ0v) is 14.4. The lowest BCUT2D eigenvalue weighted by Gasteiger charge is -2.02. The van der Waals surface area contributed by atoms with Gasteiger partial charge in [0.2, 0.25) is 0 Å². The second-order valence-corrected chi connectivity index (χ2v) is 3.92. The number of alkyl halides is 6. The average molecular weight is 448 g/mol. The van der Waals surface area contributed by atoms with Crippen LogP contribution in [0.2, 0.25) is 0 Å². The van der Waals surface area contributed by atoms with Crippen molar-refractivity contribution in [1.82, 2.24) is 0 Å². The van der Waals surface area contributed by atoms with Crippen LogP contribution in [0.1, 0.15) is 27.7 Å². The first-order valence-electron chi connectivity index (χ1n) is 6.38. The SMILES string of the molecule is CC(=C(F)F)C(F)(F)F.CC(=C(F)F)C(F)(F)F.CC=C(F)F.CC=C(F)F. The Hall–Kier alpha value is -2.02. The van der Waals surface area contributed by atoms with Gasteiger partial charge in [0.1, 0.15) is 0 Å². The minimum Gasteiger partial charge on any atom is -0.174 e. The number of allylic oxidation sites excluding steroid dienone is 4. The average Bonchev–Trinajstić information content (AvgIpc) is 2.52. The fourth-order valence-corrected chi connectivity index (χ4v) is 0.214. The molecule has 0 aliphatic rings. The monoisotopic (exact) mass is 448 g/mol. The minimum atomic E-state index is -4.89. The Balaban J connectivity index is -0.000000143. The highest BCUT2D eigenvalue weighted by molar-refractivity contribution is 5.05. The molecule has 0 unspecified atom stereocenters. The van der Waals surface area contributed by atoms with Crippen LogP contribution in [0.15, 0.2) is 47.6 Å². The van der Waals surface area contributed by atoms with Crippen molar-refractivity contribution < 1.29 is 61.5 Å². The first kappa shape index (κ1) is 33.6. The van der Waals surface area contributed by atoms with Crippen molar-refractivity contribution in [2.24, 2.45) is 0 Å². The molecule has 168 valence electrons. The third kappa shape index (κ3) is 26.2. The Morgan fingerprint density at radius 3 is 0.643 bits per heavy atom. The van der Waals surface area contributed by atoms with Gasteiger partial charge in [-0.15, -0.1) is 0 Å². The van der Waals surface area contributed by atoms with E-state index < -0.39 is 47.8 Å². The Labute approximate surface area is 150 Å². The van der Waals surface area contributed by atoms with Crippen molar-refractivity contribution in [2.45, 2.75) is 40.0 Å². The molecule has 0 aromatic heterocycles. The largest absolute Gasteiger partial charge is 0.417 e. The molecule has 0 heterocycles. The minimum absolute atomic E-state index is 0.329. The van der Waals surface area contributed by atoms with Crippen LogP contribution in [0, 0.1) is 0 Å². The number of hydrogen-bond donors (Lipinski definition) is 0. The summed E-state index contributed by atoms with van der Waals surface area (Å²) in [7, 11) is 0. The van der Waals surface area contributed by atoms with E-state index in [1.54, 1.807) is 0 Å². The van der Waals surface area contributed by atoms with Gasteiger partial charge < -0.3 is 0 Å². The molecule has 0 aliphatic carbocycles. The molecule has 0 aromatic rings. The van der Waals surface area contributed by atoms with Gasteiger partial charge in [-0.1, -0.05) is 0 Å². The summed E-state index contributed by atoms with van der Waals surface area (Å²) in [6.45, 7) is 3.23. The highest BCUT2D eigenvalue weighted by atomic mass is 19.4. The quantitative estimate of drug-likeness (QED) is 0.325. The van der Waals surface area contributed by atoms with Gasteiger partial charge >= 0.3 is 12.4 Å². The zero-order valence-electron chi connectivity index (χ0n) is 14.4. The molecule has 0 N–H and O–H groups in total. The van der Waals surface area contributed by atoms with Crippen LogP contribution in [0.25, 0.3) is 0 Å². The van der Waals surface area contributed by atoms with Gasteiger partial charge in [-0.25, -0.2) is 0 Å². The zero-order chi connectivity index (χ0) is 23.9. The summed E-state index contributed by atoms with van der Waals surface area (Å²) in [4.78, 5) is 0. The van der Waals surface area contributed by atoms with Gasteiger partial charge in [0.25, 0.3) is 24.3 Å². The molecule has 0 nitrogen and oxygen atoms in total. The highest BCUT2D eigenvalue weighted by Gasteiger charge is 2.34. The first-order valence-corrected chi connectivity index (χ1v) is 6.38. The van der Waals surface area contributed by atoms with E-state index in [1.807, 2.05) is 0 Å². The molecule has 0 spiro atoms. The summed E-state index contributed by atoms with van der Waals surface area (Å²) >= 11 is 0. The van der Waals surface area contributed by atoms with E-state index in [4.69, 9.17) is 0 Å².